The zero-order chi connectivity index (χ0) is 17.8. The van der Waals surface area contributed by atoms with Gasteiger partial charge in [0.1, 0.15) is 11.5 Å². The zero-order valence-corrected chi connectivity index (χ0v) is 14.7. The van der Waals surface area contributed by atoms with Crippen molar-refractivity contribution in [2.75, 3.05) is 14.2 Å². The van der Waals surface area contributed by atoms with Crippen LogP contribution in [0.1, 0.15) is 30.4 Å². The maximum absolute atomic E-state index is 12.3. The second-order valence-corrected chi connectivity index (χ2v) is 6.10. The van der Waals surface area contributed by atoms with Gasteiger partial charge in [0.05, 0.1) is 19.9 Å². The molecule has 5 nitrogen and oxygen atoms in total. The molecule has 0 aromatic heterocycles. The van der Waals surface area contributed by atoms with Crippen molar-refractivity contribution in [2.24, 2.45) is 11.0 Å². The second-order valence-electron chi connectivity index (χ2n) is 6.10. The number of methoxy groups -OCH3 is 2. The quantitative estimate of drug-likeness (QED) is 0.649. The smallest absolute Gasteiger partial charge is 0.243 e. The molecule has 0 saturated heterocycles. The van der Waals surface area contributed by atoms with Gasteiger partial charge in [0.25, 0.3) is 0 Å². The van der Waals surface area contributed by atoms with E-state index < -0.39 is 0 Å². The molecule has 1 amide bonds. The molecule has 0 radical (unpaired) electrons. The van der Waals surface area contributed by atoms with Gasteiger partial charge in [-0.3, -0.25) is 4.79 Å². The van der Waals surface area contributed by atoms with Crippen LogP contribution in [0, 0.1) is 5.92 Å². The molecular formula is C20H22N2O3. The Bertz CT molecular complexity index is 787. The van der Waals surface area contributed by atoms with Gasteiger partial charge in [-0.15, -0.1) is 0 Å². The fraction of sp³-hybridized carbons (Fsp3) is 0.300. The molecule has 25 heavy (non-hydrogen) atoms. The molecule has 0 heterocycles. The number of rotatable bonds is 6. The van der Waals surface area contributed by atoms with Gasteiger partial charge in [0.15, 0.2) is 0 Å². The van der Waals surface area contributed by atoms with Crippen LogP contribution in [-0.2, 0) is 4.79 Å². The minimum atomic E-state index is -0.0410. The van der Waals surface area contributed by atoms with Crippen molar-refractivity contribution >= 4 is 11.6 Å². The summed E-state index contributed by atoms with van der Waals surface area (Å²) in [5, 5.41) is 4.24. The van der Waals surface area contributed by atoms with E-state index in [9.17, 15) is 4.79 Å². The number of ether oxygens (including phenoxy) is 2. The summed E-state index contributed by atoms with van der Waals surface area (Å²) in [6.07, 6.45) is 0.871. The molecule has 3 rings (SSSR count). The van der Waals surface area contributed by atoms with E-state index in [1.54, 1.807) is 20.3 Å². The summed E-state index contributed by atoms with van der Waals surface area (Å²) in [5.74, 6) is 1.62. The minimum Gasteiger partial charge on any atom is -0.497 e. The SMILES string of the molecule is COc1ccc(/C(C)=N\NC(=O)[C@@H]2C[C@@H]2c2ccccc2)c(OC)c1. The van der Waals surface area contributed by atoms with Crippen molar-refractivity contribution in [3.63, 3.8) is 0 Å². The Hall–Kier alpha value is -2.82. The molecule has 2 aromatic rings. The summed E-state index contributed by atoms with van der Waals surface area (Å²) in [5.41, 5.74) is 5.40. The molecule has 0 bridgehead atoms. The van der Waals surface area contributed by atoms with Crippen LogP contribution in [0.5, 0.6) is 11.5 Å². The summed E-state index contributed by atoms with van der Waals surface area (Å²) >= 11 is 0. The van der Waals surface area contributed by atoms with Crippen LogP contribution in [0.25, 0.3) is 0 Å². The van der Waals surface area contributed by atoms with Crippen LogP contribution in [0.2, 0.25) is 0 Å². The standard InChI is InChI=1S/C20H22N2O3/c1-13(16-10-9-15(24-2)11-19(16)25-3)21-22-20(23)18-12-17(18)14-7-5-4-6-8-14/h4-11,17-18H,12H2,1-3H3,(H,22,23)/b21-13-/t17-,18-/m1/s1. The molecule has 0 aliphatic heterocycles. The number of hydrogen-bond donors (Lipinski definition) is 1. The Morgan fingerprint density at radius 3 is 2.56 bits per heavy atom. The van der Waals surface area contributed by atoms with E-state index in [-0.39, 0.29) is 11.8 Å². The van der Waals surface area contributed by atoms with Gasteiger partial charge < -0.3 is 9.47 Å². The van der Waals surface area contributed by atoms with E-state index in [0.717, 1.165) is 12.0 Å². The molecule has 1 aliphatic carbocycles. The maximum Gasteiger partial charge on any atom is 0.243 e. The Morgan fingerprint density at radius 1 is 1.12 bits per heavy atom. The fourth-order valence-corrected chi connectivity index (χ4v) is 2.93. The maximum atomic E-state index is 12.3. The predicted octanol–water partition coefficient (Wildman–Crippen LogP) is 3.35. The van der Waals surface area contributed by atoms with E-state index in [1.165, 1.54) is 5.56 Å². The Labute approximate surface area is 147 Å². The van der Waals surface area contributed by atoms with Gasteiger partial charge in [-0.05, 0) is 37.0 Å². The van der Waals surface area contributed by atoms with Gasteiger partial charge in [0, 0.05) is 17.5 Å². The van der Waals surface area contributed by atoms with Crippen molar-refractivity contribution in [2.45, 2.75) is 19.3 Å². The molecule has 130 valence electrons. The van der Waals surface area contributed by atoms with Crippen LogP contribution in [0.15, 0.2) is 53.6 Å². The van der Waals surface area contributed by atoms with E-state index in [4.69, 9.17) is 9.47 Å². The third-order valence-electron chi connectivity index (χ3n) is 4.49. The van der Waals surface area contributed by atoms with E-state index >= 15 is 0 Å². The van der Waals surface area contributed by atoms with Crippen molar-refractivity contribution in [1.82, 2.24) is 5.43 Å². The lowest BCUT2D eigenvalue weighted by molar-refractivity contribution is -0.122. The highest BCUT2D eigenvalue weighted by molar-refractivity contribution is 6.02. The summed E-state index contributed by atoms with van der Waals surface area (Å²) < 4.78 is 10.6. The Morgan fingerprint density at radius 2 is 1.88 bits per heavy atom. The second kappa shape index (κ2) is 7.38. The molecule has 1 fully saturated rings. The first-order chi connectivity index (χ1) is 12.1. The first kappa shape index (κ1) is 17.0. The Kier molecular flexibility index (Phi) is 5.03. The highest BCUT2D eigenvalue weighted by Crippen LogP contribution is 2.47. The van der Waals surface area contributed by atoms with Gasteiger partial charge >= 0.3 is 0 Å². The van der Waals surface area contributed by atoms with Gasteiger partial charge in [-0.25, -0.2) is 5.43 Å². The number of amides is 1. The van der Waals surface area contributed by atoms with Crippen LogP contribution >= 0.6 is 0 Å². The lowest BCUT2D eigenvalue weighted by atomic mass is 10.1. The molecule has 1 N–H and O–H groups in total. The average molecular weight is 338 g/mol. The van der Waals surface area contributed by atoms with Gasteiger partial charge in [-0.2, -0.15) is 5.10 Å². The summed E-state index contributed by atoms with van der Waals surface area (Å²) in [4.78, 5) is 12.3. The van der Waals surface area contributed by atoms with Crippen molar-refractivity contribution in [1.29, 1.82) is 0 Å². The van der Waals surface area contributed by atoms with Crippen LogP contribution in [0.3, 0.4) is 0 Å². The van der Waals surface area contributed by atoms with Gasteiger partial charge in [-0.1, -0.05) is 30.3 Å². The number of carbonyl (C=O) groups excluding carboxylic acids is 1. The molecule has 5 heteroatoms. The fourth-order valence-electron chi connectivity index (χ4n) is 2.93. The lowest BCUT2D eigenvalue weighted by Crippen LogP contribution is -2.21. The minimum absolute atomic E-state index is 0.00304. The predicted molar refractivity (Wildman–Crippen MR) is 97.2 cm³/mol. The first-order valence-electron chi connectivity index (χ1n) is 8.25. The van der Waals surface area contributed by atoms with Crippen LogP contribution < -0.4 is 14.9 Å². The van der Waals surface area contributed by atoms with Crippen LogP contribution in [0.4, 0.5) is 0 Å². The topological polar surface area (TPSA) is 59.9 Å². The van der Waals surface area contributed by atoms with Crippen LogP contribution in [-0.4, -0.2) is 25.8 Å². The van der Waals surface area contributed by atoms with Crippen molar-refractivity contribution < 1.29 is 14.3 Å². The molecule has 2 aromatic carbocycles. The largest absolute Gasteiger partial charge is 0.497 e. The third-order valence-corrected chi connectivity index (χ3v) is 4.49. The molecule has 0 unspecified atom stereocenters. The molecule has 1 aliphatic rings. The monoisotopic (exact) mass is 338 g/mol. The number of hydrazone groups is 1. The summed E-state index contributed by atoms with van der Waals surface area (Å²) in [7, 11) is 3.20. The van der Waals surface area contributed by atoms with Crippen molar-refractivity contribution in [3.05, 3.63) is 59.7 Å². The molecular weight excluding hydrogens is 316 g/mol. The van der Waals surface area contributed by atoms with E-state index in [1.807, 2.05) is 37.3 Å². The number of carbonyl (C=O) groups is 1. The summed E-state index contributed by atoms with van der Waals surface area (Å²) in [6, 6.07) is 15.6. The van der Waals surface area contributed by atoms with Crippen molar-refractivity contribution in [3.8, 4) is 11.5 Å². The van der Waals surface area contributed by atoms with Gasteiger partial charge in [0.2, 0.25) is 5.91 Å². The molecule has 0 spiro atoms. The average Bonchev–Trinajstić information content (AvgIpc) is 3.47. The molecule has 2 atom stereocenters. The van der Waals surface area contributed by atoms with E-state index in [2.05, 4.69) is 22.7 Å². The Balaban J connectivity index is 1.65. The normalized spacial score (nSPS) is 19.2. The molecule has 1 saturated carbocycles. The number of nitrogens with one attached hydrogen (secondary N) is 1. The summed E-state index contributed by atoms with van der Waals surface area (Å²) in [6.45, 7) is 1.84. The highest BCUT2D eigenvalue weighted by Gasteiger charge is 2.43. The third kappa shape index (κ3) is 3.82. The van der Waals surface area contributed by atoms with E-state index in [0.29, 0.717) is 23.1 Å². The lowest BCUT2D eigenvalue weighted by Gasteiger charge is -2.10. The highest BCUT2D eigenvalue weighted by atomic mass is 16.5. The first-order valence-corrected chi connectivity index (χ1v) is 8.25. The zero-order valence-electron chi connectivity index (χ0n) is 14.7. The number of hydrogen-bond acceptors (Lipinski definition) is 4. The number of benzene rings is 2. The number of nitrogens with zero attached hydrogens (tertiary/aromatic N) is 1.